The quantitative estimate of drug-likeness (QED) is 0.786. The molecule has 96 valence electrons. The van der Waals surface area contributed by atoms with E-state index in [4.69, 9.17) is 4.98 Å². The lowest BCUT2D eigenvalue weighted by molar-refractivity contribution is 0.545. The van der Waals surface area contributed by atoms with Crippen LogP contribution in [0.1, 0.15) is 31.7 Å². The normalized spacial score (nSPS) is 24.1. The highest BCUT2D eigenvalue weighted by Crippen LogP contribution is 2.36. The van der Waals surface area contributed by atoms with Crippen LogP contribution in [-0.4, -0.2) is 22.6 Å². The van der Waals surface area contributed by atoms with Crippen LogP contribution in [0.3, 0.4) is 0 Å². The number of hydrogen-bond acceptors (Lipinski definition) is 4. The van der Waals surface area contributed by atoms with Gasteiger partial charge in [-0.2, -0.15) is 0 Å². The lowest BCUT2D eigenvalue weighted by atomic mass is 10.1. The van der Waals surface area contributed by atoms with E-state index in [1.165, 1.54) is 17.4 Å². The molecule has 1 fully saturated rings. The van der Waals surface area contributed by atoms with Gasteiger partial charge in [0.1, 0.15) is 16.5 Å². The van der Waals surface area contributed by atoms with E-state index in [9.17, 15) is 0 Å². The molecule has 18 heavy (non-hydrogen) atoms. The number of aryl methyl sites for hydroxylation is 2. The van der Waals surface area contributed by atoms with E-state index in [1.807, 2.05) is 6.92 Å². The number of fused-ring (bicyclic) bond motifs is 1. The Morgan fingerprint density at radius 2 is 2.06 bits per heavy atom. The highest BCUT2D eigenvalue weighted by molar-refractivity contribution is 7.17. The van der Waals surface area contributed by atoms with Crippen LogP contribution in [0.15, 0.2) is 5.38 Å². The number of anilines is 1. The molecule has 2 aromatic heterocycles. The van der Waals surface area contributed by atoms with Crippen molar-refractivity contribution in [1.29, 1.82) is 0 Å². The number of thiophene rings is 1. The summed E-state index contributed by atoms with van der Waals surface area (Å²) in [5.41, 5.74) is 1.30. The topological polar surface area (TPSA) is 29.0 Å². The molecule has 0 radical (unpaired) electrons. The highest BCUT2D eigenvalue weighted by atomic mass is 32.1. The number of hydrogen-bond donors (Lipinski definition) is 0. The second-order valence-electron chi connectivity index (χ2n) is 5.39. The molecule has 1 aliphatic rings. The van der Waals surface area contributed by atoms with Crippen LogP contribution in [0.5, 0.6) is 0 Å². The summed E-state index contributed by atoms with van der Waals surface area (Å²) in [4.78, 5) is 12.9. The molecule has 4 heteroatoms. The Bertz CT molecular complexity index is 590. The summed E-state index contributed by atoms with van der Waals surface area (Å²) < 4.78 is 0. The van der Waals surface area contributed by atoms with E-state index in [-0.39, 0.29) is 0 Å². The van der Waals surface area contributed by atoms with Crippen LogP contribution in [0.25, 0.3) is 10.2 Å². The number of rotatable bonds is 1. The van der Waals surface area contributed by atoms with Crippen molar-refractivity contribution >= 4 is 27.4 Å². The minimum absolute atomic E-state index is 0.571. The van der Waals surface area contributed by atoms with Crippen LogP contribution in [0, 0.1) is 19.8 Å². The van der Waals surface area contributed by atoms with Crippen LogP contribution in [0.2, 0.25) is 0 Å². The van der Waals surface area contributed by atoms with Crippen molar-refractivity contribution in [2.45, 2.75) is 40.2 Å². The van der Waals surface area contributed by atoms with Gasteiger partial charge in [-0.25, -0.2) is 9.97 Å². The fourth-order valence-corrected chi connectivity index (χ4v) is 3.73. The number of aromatic nitrogens is 2. The second-order valence-corrected chi connectivity index (χ2v) is 6.25. The first-order valence-corrected chi connectivity index (χ1v) is 7.45. The first kappa shape index (κ1) is 11.9. The van der Waals surface area contributed by atoms with E-state index < -0.39 is 0 Å². The Labute approximate surface area is 112 Å². The largest absolute Gasteiger partial charge is 0.353 e. The Morgan fingerprint density at radius 1 is 1.28 bits per heavy atom. The molecule has 3 rings (SSSR count). The van der Waals surface area contributed by atoms with Gasteiger partial charge in [0.15, 0.2) is 0 Å². The summed E-state index contributed by atoms with van der Waals surface area (Å²) in [6.45, 7) is 9.90. The van der Waals surface area contributed by atoms with E-state index >= 15 is 0 Å². The third-order valence-corrected chi connectivity index (χ3v) is 5.11. The molecule has 0 N–H and O–H groups in total. The van der Waals surface area contributed by atoms with E-state index in [2.05, 4.69) is 36.0 Å². The molecule has 0 aliphatic carbocycles. The Hall–Kier alpha value is -1.16. The molecule has 1 saturated heterocycles. The second kappa shape index (κ2) is 4.19. The van der Waals surface area contributed by atoms with Gasteiger partial charge in [0.05, 0.1) is 5.39 Å². The molecule has 3 heterocycles. The lowest BCUT2D eigenvalue weighted by Crippen LogP contribution is -2.30. The summed E-state index contributed by atoms with van der Waals surface area (Å²) in [6.07, 6.45) is 1.26. The van der Waals surface area contributed by atoms with Gasteiger partial charge in [0.2, 0.25) is 0 Å². The van der Waals surface area contributed by atoms with Crippen molar-refractivity contribution < 1.29 is 0 Å². The summed E-state index contributed by atoms with van der Waals surface area (Å²) in [5.74, 6) is 2.77. The molecule has 3 nitrogen and oxygen atoms in total. The van der Waals surface area contributed by atoms with Crippen molar-refractivity contribution in [1.82, 2.24) is 9.97 Å². The molecular formula is C14H19N3S. The summed E-state index contributed by atoms with van der Waals surface area (Å²) in [6, 6.07) is 0.571. The zero-order valence-corrected chi connectivity index (χ0v) is 12.2. The fraction of sp³-hybridized carbons (Fsp3) is 0.571. The maximum Gasteiger partial charge on any atom is 0.141 e. The van der Waals surface area contributed by atoms with E-state index in [0.29, 0.717) is 6.04 Å². The minimum atomic E-state index is 0.571. The van der Waals surface area contributed by atoms with Gasteiger partial charge in [0.25, 0.3) is 0 Å². The standard InChI is InChI=1S/C14H19N3S/c1-8-5-6-17(10(8)3)13-12-9(2)7-18-14(12)16-11(4)15-13/h7-8,10H,5-6H2,1-4H3. The smallest absolute Gasteiger partial charge is 0.141 e. The van der Waals surface area contributed by atoms with Crippen molar-refractivity contribution in [3.05, 3.63) is 16.8 Å². The molecule has 2 atom stereocenters. The van der Waals surface area contributed by atoms with Gasteiger partial charge < -0.3 is 4.90 Å². The summed E-state index contributed by atoms with van der Waals surface area (Å²) in [5, 5.41) is 3.44. The molecule has 0 spiro atoms. The van der Waals surface area contributed by atoms with Gasteiger partial charge in [-0.05, 0) is 44.1 Å². The van der Waals surface area contributed by atoms with Gasteiger partial charge in [-0.1, -0.05) is 6.92 Å². The monoisotopic (exact) mass is 261 g/mol. The van der Waals surface area contributed by atoms with Crippen molar-refractivity contribution in [3.63, 3.8) is 0 Å². The summed E-state index contributed by atoms with van der Waals surface area (Å²) in [7, 11) is 0. The molecule has 0 amide bonds. The molecular weight excluding hydrogens is 242 g/mol. The number of nitrogens with zero attached hydrogens (tertiary/aromatic N) is 3. The zero-order valence-electron chi connectivity index (χ0n) is 11.4. The first-order chi connectivity index (χ1) is 8.58. The summed E-state index contributed by atoms with van der Waals surface area (Å²) >= 11 is 1.73. The lowest BCUT2D eigenvalue weighted by Gasteiger charge is -2.25. The van der Waals surface area contributed by atoms with Crippen LogP contribution < -0.4 is 4.90 Å². The molecule has 2 aromatic rings. The Balaban J connectivity index is 2.19. The first-order valence-electron chi connectivity index (χ1n) is 6.57. The third-order valence-electron chi connectivity index (χ3n) is 4.12. The predicted octanol–water partition coefficient (Wildman–Crippen LogP) is 3.54. The highest BCUT2D eigenvalue weighted by Gasteiger charge is 2.30. The van der Waals surface area contributed by atoms with E-state index in [1.54, 1.807) is 11.3 Å². The SMILES string of the molecule is Cc1nc(N2CCC(C)C2C)c2c(C)csc2n1. The molecule has 1 aliphatic heterocycles. The van der Waals surface area contributed by atoms with Crippen LogP contribution in [0.4, 0.5) is 5.82 Å². The average Bonchev–Trinajstić information content (AvgIpc) is 2.84. The maximum atomic E-state index is 4.72. The van der Waals surface area contributed by atoms with Crippen molar-refractivity contribution in [3.8, 4) is 0 Å². The van der Waals surface area contributed by atoms with Gasteiger partial charge in [-0.3, -0.25) is 0 Å². The van der Waals surface area contributed by atoms with Crippen molar-refractivity contribution in [2.75, 3.05) is 11.4 Å². The van der Waals surface area contributed by atoms with Crippen molar-refractivity contribution in [2.24, 2.45) is 5.92 Å². The third kappa shape index (κ3) is 1.70. The van der Waals surface area contributed by atoms with Gasteiger partial charge >= 0.3 is 0 Å². The molecule has 0 aromatic carbocycles. The molecule has 0 saturated carbocycles. The van der Waals surface area contributed by atoms with Gasteiger partial charge in [0, 0.05) is 12.6 Å². The minimum Gasteiger partial charge on any atom is -0.353 e. The zero-order chi connectivity index (χ0) is 12.9. The van der Waals surface area contributed by atoms with E-state index in [0.717, 1.165) is 28.9 Å². The van der Waals surface area contributed by atoms with Crippen LogP contribution >= 0.6 is 11.3 Å². The average molecular weight is 261 g/mol. The molecule has 0 bridgehead atoms. The van der Waals surface area contributed by atoms with Crippen LogP contribution in [-0.2, 0) is 0 Å². The Kier molecular flexibility index (Phi) is 2.77. The maximum absolute atomic E-state index is 4.72. The van der Waals surface area contributed by atoms with Gasteiger partial charge in [-0.15, -0.1) is 11.3 Å². The predicted molar refractivity (Wildman–Crippen MR) is 77.5 cm³/mol. The Morgan fingerprint density at radius 3 is 2.72 bits per heavy atom. The molecule has 2 unspecified atom stereocenters. The fourth-order valence-electron chi connectivity index (χ4n) is 2.77.